The summed E-state index contributed by atoms with van der Waals surface area (Å²) in [4.78, 5) is 38.9. The molecule has 0 aromatic heterocycles. The molecule has 3 aromatic rings. The SMILES string of the molecule is CC(C)(C)OC(=O)N(c1cc(N)c(CCCC(=O)Nc2ccc(C=O)cc2)cc1-c1ccccc1)C1CCCCC1. The lowest BCUT2D eigenvalue weighted by molar-refractivity contribution is -0.116. The van der Waals surface area contributed by atoms with Gasteiger partial charge in [-0.05, 0) is 94.0 Å². The highest BCUT2D eigenvalue weighted by atomic mass is 16.6. The Morgan fingerprint density at radius 1 is 1.00 bits per heavy atom. The number of nitrogens with one attached hydrogen (secondary N) is 1. The molecule has 0 unspecified atom stereocenters. The summed E-state index contributed by atoms with van der Waals surface area (Å²) < 4.78 is 5.91. The van der Waals surface area contributed by atoms with Crippen molar-refractivity contribution in [2.45, 2.75) is 83.8 Å². The van der Waals surface area contributed by atoms with E-state index in [9.17, 15) is 14.4 Å². The molecule has 216 valence electrons. The van der Waals surface area contributed by atoms with Crippen LogP contribution in [0.2, 0.25) is 0 Å². The first-order valence-electron chi connectivity index (χ1n) is 14.5. The predicted molar refractivity (Wildman–Crippen MR) is 165 cm³/mol. The van der Waals surface area contributed by atoms with Gasteiger partial charge >= 0.3 is 6.09 Å². The van der Waals surface area contributed by atoms with Crippen molar-refractivity contribution in [3.8, 4) is 11.1 Å². The van der Waals surface area contributed by atoms with Crippen LogP contribution in [-0.2, 0) is 16.0 Å². The van der Waals surface area contributed by atoms with Gasteiger partial charge in [-0.3, -0.25) is 14.5 Å². The number of rotatable bonds is 9. The van der Waals surface area contributed by atoms with E-state index in [1.807, 2.05) is 62.1 Å². The fourth-order valence-electron chi connectivity index (χ4n) is 5.32. The molecule has 0 heterocycles. The van der Waals surface area contributed by atoms with E-state index < -0.39 is 5.60 Å². The maximum Gasteiger partial charge on any atom is 0.415 e. The van der Waals surface area contributed by atoms with Crippen molar-refractivity contribution < 1.29 is 19.1 Å². The highest BCUT2D eigenvalue weighted by Crippen LogP contribution is 2.39. The van der Waals surface area contributed by atoms with Crippen LogP contribution in [-0.4, -0.2) is 29.9 Å². The zero-order valence-electron chi connectivity index (χ0n) is 24.3. The van der Waals surface area contributed by atoms with Crippen LogP contribution in [0.5, 0.6) is 0 Å². The van der Waals surface area contributed by atoms with Gasteiger partial charge in [-0.1, -0.05) is 49.6 Å². The number of aryl methyl sites for hydroxylation is 1. The standard InChI is InChI=1S/C34H41N3O4/c1-34(2,3)41-33(40)37(28-14-8-5-9-15-28)31-22-30(35)26(21-29(31)25-11-6-4-7-12-25)13-10-16-32(39)36-27-19-17-24(23-38)18-20-27/h4,6-7,11-12,17-23,28H,5,8-10,13-16,35H2,1-3H3,(H,36,39). The fourth-order valence-corrected chi connectivity index (χ4v) is 5.32. The van der Waals surface area contributed by atoms with Gasteiger partial charge in [0.05, 0.1) is 5.69 Å². The summed E-state index contributed by atoms with van der Waals surface area (Å²) in [5.74, 6) is -0.101. The number of nitrogens with two attached hydrogens (primary N) is 1. The maximum atomic E-state index is 13.7. The molecule has 41 heavy (non-hydrogen) atoms. The normalized spacial score (nSPS) is 13.8. The molecule has 0 radical (unpaired) electrons. The van der Waals surface area contributed by atoms with Gasteiger partial charge in [0, 0.05) is 35.0 Å². The van der Waals surface area contributed by atoms with E-state index in [4.69, 9.17) is 10.5 Å². The van der Waals surface area contributed by atoms with Crippen LogP contribution >= 0.6 is 0 Å². The van der Waals surface area contributed by atoms with Crippen LogP contribution in [0.1, 0.15) is 81.6 Å². The fraction of sp³-hybridized carbons (Fsp3) is 0.382. The van der Waals surface area contributed by atoms with Gasteiger partial charge in [0.2, 0.25) is 5.91 Å². The highest BCUT2D eigenvalue weighted by Gasteiger charge is 2.33. The van der Waals surface area contributed by atoms with E-state index in [0.29, 0.717) is 36.2 Å². The minimum Gasteiger partial charge on any atom is -0.443 e. The molecule has 4 rings (SSSR count). The smallest absolute Gasteiger partial charge is 0.415 e. The quantitative estimate of drug-likeness (QED) is 0.207. The second kappa shape index (κ2) is 13.5. The molecular formula is C34H41N3O4. The number of nitrogen functional groups attached to an aromatic ring is 1. The van der Waals surface area contributed by atoms with Crippen molar-refractivity contribution in [3.63, 3.8) is 0 Å². The Morgan fingerprint density at radius 2 is 1.68 bits per heavy atom. The number of anilines is 3. The van der Waals surface area contributed by atoms with Crippen molar-refractivity contribution in [2.24, 2.45) is 0 Å². The number of ether oxygens (including phenoxy) is 1. The number of aldehydes is 1. The average molecular weight is 556 g/mol. The van der Waals surface area contributed by atoms with E-state index in [0.717, 1.165) is 54.3 Å². The molecule has 0 saturated heterocycles. The summed E-state index contributed by atoms with van der Waals surface area (Å²) in [5, 5.41) is 2.88. The Hall–Kier alpha value is -4.13. The van der Waals surface area contributed by atoms with Gasteiger partial charge < -0.3 is 15.8 Å². The zero-order valence-corrected chi connectivity index (χ0v) is 24.3. The zero-order chi connectivity index (χ0) is 29.4. The molecule has 1 aliphatic carbocycles. The predicted octanol–water partition coefficient (Wildman–Crippen LogP) is 7.78. The molecule has 3 aromatic carbocycles. The van der Waals surface area contributed by atoms with Crippen molar-refractivity contribution in [2.75, 3.05) is 16.0 Å². The van der Waals surface area contributed by atoms with Gasteiger partial charge in [-0.2, -0.15) is 0 Å². The highest BCUT2D eigenvalue weighted by molar-refractivity contribution is 5.96. The van der Waals surface area contributed by atoms with Crippen LogP contribution in [0.15, 0.2) is 66.7 Å². The summed E-state index contributed by atoms with van der Waals surface area (Å²) in [6.45, 7) is 5.65. The Labute approximate surface area is 243 Å². The molecule has 0 spiro atoms. The Morgan fingerprint density at radius 3 is 2.32 bits per heavy atom. The Balaban J connectivity index is 1.59. The summed E-state index contributed by atoms with van der Waals surface area (Å²) in [7, 11) is 0. The molecular weight excluding hydrogens is 514 g/mol. The van der Waals surface area contributed by atoms with Crippen LogP contribution in [0.3, 0.4) is 0 Å². The Kier molecular flexibility index (Phi) is 9.82. The van der Waals surface area contributed by atoms with Crippen LogP contribution < -0.4 is 16.0 Å². The first-order valence-corrected chi connectivity index (χ1v) is 14.5. The van der Waals surface area contributed by atoms with Crippen LogP contribution in [0, 0.1) is 0 Å². The van der Waals surface area contributed by atoms with Gasteiger partial charge in [0.1, 0.15) is 11.9 Å². The number of hydrogen-bond donors (Lipinski definition) is 2. The minimum absolute atomic E-state index is 0.0376. The van der Waals surface area contributed by atoms with Gasteiger partial charge in [-0.25, -0.2) is 4.79 Å². The lowest BCUT2D eigenvalue weighted by atomic mass is 9.91. The third kappa shape index (κ3) is 8.19. The Bertz CT molecular complexity index is 1340. The second-order valence-electron chi connectivity index (χ2n) is 11.7. The topological polar surface area (TPSA) is 102 Å². The lowest BCUT2D eigenvalue weighted by Gasteiger charge is -2.37. The number of amides is 2. The molecule has 0 bridgehead atoms. The largest absolute Gasteiger partial charge is 0.443 e. The number of hydrogen-bond acceptors (Lipinski definition) is 5. The van der Waals surface area contributed by atoms with Crippen LogP contribution in [0.25, 0.3) is 11.1 Å². The first-order chi connectivity index (χ1) is 19.6. The minimum atomic E-state index is -0.626. The molecule has 1 saturated carbocycles. The monoisotopic (exact) mass is 555 g/mol. The third-order valence-corrected chi connectivity index (χ3v) is 7.31. The maximum absolute atomic E-state index is 13.7. The second-order valence-corrected chi connectivity index (χ2v) is 11.7. The lowest BCUT2D eigenvalue weighted by Crippen LogP contribution is -2.44. The molecule has 2 amide bonds. The van der Waals surface area contributed by atoms with Gasteiger partial charge in [0.15, 0.2) is 0 Å². The average Bonchev–Trinajstić information content (AvgIpc) is 2.95. The number of benzene rings is 3. The van der Waals surface area contributed by atoms with Gasteiger partial charge in [0.25, 0.3) is 0 Å². The number of carbonyl (C=O) groups is 3. The van der Waals surface area contributed by atoms with Crippen LogP contribution in [0.4, 0.5) is 21.9 Å². The van der Waals surface area contributed by atoms with E-state index >= 15 is 0 Å². The molecule has 0 aliphatic heterocycles. The van der Waals surface area contributed by atoms with Crippen molar-refractivity contribution >= 4 is 35.3 Å². The first kappa shape index (κ1) is 29.8. The summed E-state index contributed by atoms with van der Waals surface area (Å²) in [6.07, 6.45) is 7.10. The number of nitrogens with zero attached hydrogens (tertiary/aromatic N) is 1. The van der Waals surface area contributed by atoms with Crippen molar-refractivity contribution in [1.82, 2.24) is 0 Å². The summed E-state index contributed by atoms with van der Waals surface area (Å²) >= 11 is 0. The molecule has 1 fully saturated rings. The van der Waals surface area contributed by atoms with E-state index in [-0.39, 0.29) is 18.0 Å². The summed E-state index contributed by atoms with van der Waals surface area (Å²) in [5.41, 5.74) is 11.4. The number of carbonyl (C=O) groups excluding carboxylic acids is 3. The third-order valence-electron chi connectivity index (χ3n) is 7.31. The molecule has 7 heteroatoms. The van der Waals surface area contributed by atoms with Crippen molar-refractivity contribution in [3.05, 3.63) is 77.9 Å². The van der Waals surface area contributed by atoms with Gasteiger partial charge in [-0.15, -0.1) is 0 Å². The summed E-state index contributed by atoms with van der Waals surface area (Å²) in [6, 6.07) is 20.8. The molecule has 7 nitrogen and oxygen atoms in total. The van der Waals surface area contributed by atoms with E-state index in [1.165, 1.54) is 6.42 Å². The molecule has 3 N–H and O–H groups in total. The molecule has 0 atom stereocenters. The molecule has 1 aliphatic rings. The van der Waals surface area contributed by atoms with E-state index in [1.54, 1.807) is 24.3 Å². The van der Waals surface area contributed by atoms with Crippen molar-refractivity contribution in [1.29, 1.82) is 0 Å². The van der Waals surface area contributed by atoms with E-state index in [2.05, 4.69) is 11.4 Å².